The van der Waals surface area contributed by atoms with E-state index in [1.165, 1.54) is 9.79 Å². The van der Waals surface area contributed by atoms with Crippen LogP contribution in [0, 0.1) is 10.7 Å². The summed E-state index contributed by atoms with van der Waals surface area (Å²) < 4.78 is 0. The maximum absolute atomic E-state index is 9.31. The van der Waals surface area contributed by atoms with E-state index < -0.39 is 8.29 Å². The fourth-order valence-corrected chi connectivity index (χ4v) is 5.50. The van der Waals surface area contributed by atoms with Gasteiger partial charge in [0.1, 0.15) is 5.40 Å². The minimum absolute atomic E-state index is 1.28. The summed E-state index contributed by atoms with van der Waals surface area (Å²) in [7, 11) is -2.51. The Hall–Kier alpha value is -0.940. The number of nitriles is 1. The van der Waals surface area contributed by atoms with E-state index in [4.69, 9.17) is 0 Å². The SMILES string of the molecule is CS1(C)(C)(C#N)c2ccccc21. The third-order valence-electron chi connectivity index (χ3n) is 2.93. The maximum atomic E-state index is 9.31. The monoisotopic (exact) mass is 179 g/mol. The highest BCUT2D eigenvalue weighted by molar-refractivity contribution is 8.70. The van der Waals surface area contributed by atoms with E-state index >= 15 is 0 Å². The van der Waals surface area contributed by atoms with Crippen molar-refractivity contribution >= 4 is 8.29 Å². The van der Waals surface area contributed by atoms with E-state index in [2.05, 4.69) is 36.3 Å². The highest BCUT2D eigenvalue weighted by Gasteiger charge is 2.66. The van der Waals surface area contributed by atoms with Crippen molar-refractivity contribution in [3.8, 4) is 5.40 Å². The Morgan fingerprint density at radius 3 is 1.83 bits per heavy atom. The molecule has 1 aromatic rings. The molecule has 0 atom stereocenters. The molecule has 0 fully saturated rings. The Morgan fingerprint density at radius 2 is 1.50 bits per heavy atom. The number of thiocyanates is 1. The van der Waals surface area contributed by atoms with Crippen LogP contribution in [0.1, 0.15) is 0 Å². The van der Waals surface area contributed by atoms with Gasteiger partial charge in [0, 0.05) is 9.79 Å². The van der Waals surface area contributed by atoms with Gasteiger partial charge in [0.05, 0.1) is 0 Å². The zero-order valence-electron chi connectivity index (χ0n) is 7.66. The lowest BCUT2D eigenvalue weighted by Gasteiger charge is -2.47. The molecule has 1 aliphatic rings. The summed E-state index contributed by atoms with van der Waals surface area (Å²) >= 11 is 0. The first-order chi connectivity index (χ1) is 5.34. The number of hydrogen-bond donors (Lipinski definition) is 0. The molecule has 64 valence electrons. The molecule has 0 aromatic heterocycles. The lowest BCUT2D eigenvalue weighted by atomic mass is 10.4. The van der Waals surface area contributed by atoms with Gasteiger partial charge in [-0.3, -0.25) is 0 Å². The van der Waals surface area contributed by atoms with Crippen LogP contribution in [0.2, 0.25) is 0 Å². The lowest BCUT2D eigenvalue weighted by Crippen LogP contribution is -2.13. The smallest absolute Gasteiger partial charge is 0.106 e. The Labute approximate surface area is 72.3 Å². The molecule has 1 nitrogen and oxygen atoms in total. The lowest BCUT2D eigenvalue weighted by molar-refractivity contribution is 1.38. The van der Waals surface area contributed by atoms with Crippen LogP contribution in [0.5, 0.6) is 0 Å². The first kappa shape index (κ1) is 7.70. The topological polar surface area (TPSA) is 23.8 Å². The van der Waals surface area contributed by atoms with Gasteiger partial charge in [0.15, 0.2) is 0 Å². The predicted octanol–water partition coefficient (Wildman–Crippen LogP) is 2.66. The van der Waals surface area contributed by atoms with E-state index in [9.17, 15) is 5.26 Å². The average Bonchev–Trinajstić information content (AvgIpc) is 2.49. The molecule has 0 unspecified atom stereocenters. The van der Waals surface area contributed by atoms with Crippen molar-refractivity contribution in [2.45, 2.75) is 9.79 Å². The summed E-state index contributed by atoms with van der Waals surface area (Å²) in [6.45, 7) is 0. The van der Waals surface area contributed by atoms with Crippen molar-refractivity contribution in [1.29, 1.82) is 5.26 Å². The second kappa shape index (κ2) is 1.31. The molecule has 0 radical (unpaired) electrons. The molecule has 12 heavy (non-hydrogen) atoms. The van der Waals surface area contributed by atoms with Gasteiger partial charge in [-0.15, -0.1) is 0 Å². The predicted molar refractivity (Wildman–Crippen MR) is 54.0 cm³/mol. The van der Waals surface area contributed by atoms with Crippen LogP contribution in [0.4, 0.5) is 0 Å². The van der Waals surface area contributed by atoms with Crippen LogP contribution < -0.4 is 0 Å². The standard InChI is InChI=1S/C10H13NS/c1-12(2,3,8-11)9-6-4-5-7-10(9)12/h4-7H,1-3H3. The summed E-state index contributed by atoms with van der Waals surface area (Å²) in [6, 6.07) is 8.19. The molecule has 0 bridgehead atoms. The zero-order valence-corrected chi connectivity index (χ0v) is 8.48. The largest absolute Gasteiger partial charge is 0.188 e. The molecule has 0 aliphatic carbocycles. The van der Waals surface area contributed by atoms with Crippen molar-refractivity contribution in [3.05, 3.63) is 24.3 Å². The van der Waals surface area contributed by atoms with Gasteiger partial charge in [-0.2, -0.15) is 13.6 Å². The Bertz CT molecular complexity index is 399. The van der Waals surface area contributed by atoms with Crippen molar-refractivity contribution in [2.75, 3.05) is 18.8 Å². The summed E-state index contributed by atoms with van der Waals surface area (Å²) in [6.07, 6.45) is 6.35. The summed E-state index contributed by atoms with van der Waals surface area (Å²) in [5.41, 5.74) is 0. The number of benzene rings is 1. The van der Waals surface area contributed by atoms with Gasteiger partial charge in [-0.25, -0.2) is 0 Å². The normalized spacial score (nSPS) is 30.8. The molecule has 0 amide bonds. The fraction of sp³-hybridized carbons (Fsp3) is 0.300. The van der Waals surface area contributed by atoms with Crippen molar-refractivity contribution in [2.24, 2.45) is 0 Å². The quantitative estimate of drug-likeness (QED) is 0.443. The molecule has 0 N–H and O–H groups in total. The minimum atomic E-state index is -2.51. The third kappa shape index (κ3) is 0.539. The Kier molecular flexibility index (Phi) is 0.843. The molecular formula is C10H13NS. The first-order valence-electron chi connectivity index (χ1n) is 3.89. The van der Waals surface area contributed by atoms with Crippen molar-refractivity contribution in [3.63, 3.8) is 0 Å². The third-order valence-corrected chi connectivity index (χ3v) is 7.69. The zero-order chi connectivity index (χ0) is 9.10. The van der Waals surface area contributed by atoms with Gasteiger partial charge >= 0.3 is 0 Å². The van der Waals surface area contributed by atoms with Crippen LogP contribution in [-0.2, 0) is 0 Å². The van der Waals surface area contributed by atoms with Crippen molar-refractivity contribution in [1.82, 2.24) is 0 Å². The van der Waals surface area contributed by atoms with E-state index in [0.29, 0.717) is 0 Å². The van der Waals surface area contributed by atoms with Crippen LogP contribution in [0.25, 0.3) is 0 Å². The first-order valence-corrected chi connectivity index (χ1v) is 7.56. The van der Waals surface area contributed by atoms with Crippen molar-refractivity contribution < 1.29 is 0 Å². The van der Waals surface area contributed by atoms with E-state index in [0.717, 1.165) is 0 Å². The van der Waals surface area contributed by atoms with E-state index in [1.54, 1.807) is 0 Å². The van der Waals surface area contributed by atoms with E-state index in [1.807, 2.05) is 12.1 Å². The molecule has 1 heterocycles. The maximum Gasteiger partial charge on any atom is 0.106 e. The summed E-state index contributed by atoms with van der Waals surface area (Å²) in [5.74, 6) is 0. The van der Waals surface area contributed by atoms with Gasteiger partial charge in [0.2, 0.25) is 0 Å². The summed E-state index contributed by atoms with van der Waals surface area (Å²) in [4.78, 5) is 2.56. The number of fused-ring (bicyclic) bond motifs is 1. The molecule has 2 rings (SSSR count). The van der Waals surface area contributed by atoms with Crippen LogP contribution in [0.15, 0.2) is 34.1 Å². The van der Waals surface area contributed by atoms with Crippen LogP contribution in [0.3, 0.4) is 0 Å². The molecule has 1 aromatic carbocycles. The van der Waals surface area contributed by atoms with Crippen LogP contribution >= 0.6 is 8.29 Å². The highest BCUT2D eigenvalue weighted by atomic mass is 32.4. The second-order valence-corrected chi connectivity index (χ2v) is 12.7. The van der Waals surface area contributed by atoms with Gasteiger partial charge < -0.3 is 0 Å². The van der Waals surface area contributed by atoms with Gasteiger partial charge in [0.25, 0.3) is 0 Å². The number of rotatable bonds is 0. The molecule has 0 saturated carbocycles. The Balaban J connectivity index is 2.84. The molecular weight excluding hydrogens is 166 g/mol. The molecule has 1 aliphatic heterocycles. The van der Waals surface area contributed by atoms with Gasteiger partial charge in [-0.05, 0) is 30.9 Å². The molecule has 0 saturated heterocycles. The van der Waals surface area contributed by atoms with Crippen LogP contribution in [-0.4, -0.2) is 18.8 Å². The highest BCUT2D eigenvalue weighted by Crippen LogP contribution is 3.04. The average molecular weight is 179 g/mol. The molecule has 0 spiro atoms. The second-order valence-electron chi connectivity index (χ2n) is 4.91. The minimum Gasteiger partial charge on any atom is -0.188 e. The summed E-state index contributed by atoms with van der Waals surface area (Å²) in [5, 5.41) is 11.9. The molecule has 2 heteroatoms. The number of hydrogen-bond acceptors (Lipinski definition) is 1. The van der Waals surface area contributed by atoms with Gasteiger partial charge in [-0.1, -0.05) is 12.1 Å². The van der Waals surface area contributed by atoms with E-state index in [-0.39, 0.29) is 0 Å². The fourth-order valence-electron chi connectivity index (χ4n) is 1.74. The Morgan fingerprint density at radius 1 is 1.08 bits per heavy atom. The number of nitrogens with zero attached hydrogens (tertiary/aromatic N) is 1.